The molecule has 5 nitrogen and oxygen atoms in total. The highest BCUT2D eigenvalue weighted by atomic mass is 19.1. The molecule has 0 aliphatic heterocycles. The molecule has 0 aliphatic rings. The predicted molar refractivity (Wildman–Crippen MR) is 77.0 cm³/mol. The standard InChI is InChI=1S/C14H17FN4O/c1-3-16-14-17-8-7-13(19-14)18-10-5-6-12(20-4-2)11(15)9-10/h5-9H,3-4H2,1-2H3,(H2,16,17,18,19). The lowest BCUT2D eigenvalue weighted by molar-refractivity contribution is 0.321. The highest BCUT2D eigenvalue weighted by molar-refractivity contribution is 5.58. The maximum atomic E-state index is 13.7. The zero-order chi connectivity index (χ0) is 14.4. The van der Waals surface area contributed by atoms with Crippen molar-refractivity contribution in [2.24, 2.45) is 0 Å². The summed E-state index contributed by atoms with van der Waals surface area (Å²) in [4.78, 5) is 8.33. The van der Waals surface area contributed by atoms with Crippen LogP contribution in [0.2, 0.25) is 0 Å². The van der Waals surface area contributed by atoms with Gasteiger partial charge in [0.25, 0.3) is 0 Å². The first kappa shape index (κ1) is 14.0. The third kappa shape index (κ3) is 3.57. The van der Waals surface area contributed by atoms with E-state index in [2.05, 4.69) is 20.6 Å². The van der Waals surface area contributed by atoms with Crippen molar-refractivity contribution in [3.63, 3.8) is 0 Å². The molecule has 0 atom stereocenters. The van der Waals surface area contributed by atoms with Gasteiger partial charge in [-0.2, -0.15) is 4.98 Å². The number of hydrogen-bond donors (Lipinski definition) is 2. The molecule has 0 unspecified atom stereocenters. The topological polar surface area (TPSA) is 59.1 Å². The van der Waals surface area contributed by atoms with E-state index in [4.69, 9.17) is 4.74 Å². The molecule has 0 aliphatic carbocycles. The maximum Gasteiger partial charge on any atom is 0.224 e. The maximum absolute atomic E-state index is 13.7. The van der Waals surface area contributed by atoms with Crippen LogP contribution in [0.25, 0.3) is 0 Å². The van der Waals surface area contributed by atoms with Gasteiger partial charge in [-0.1, -0.05) is 0 Å². The van der Waals surface area contributed by atoms with Crippen molar-refractivity contribution in [3.05, 3.63) is 36.3 Å². The fraction of sp³-hybridized carbons (Fsp3) is 0.286. The van der Waals surface area contributed by atoms with Gasteiger partial charge in [-0.15, -0.1) is 0 Å². The quantitative estimate of drug-likeness (QED) is 0.848. The molecule has 20 heavy (non-hydrogen) atoms. The molecule has 2 rings (SSSR count). The molecule has 1 heterocycles. The van der Waals surface area contributed by atoms with Crippen molar-refractivity contribution in [1.82, 2.24) is 9.97 Å². The van der Waals surface area contributed by atoms with E-state index >= 15 is 0 Å². The largest absolute Gasteiger partial charge is 0.491 e. The minimum atomic E-state index is -0.405. The third-order valence-electron chi connectivity index (χ3n) is 2.49. The lowest BCUT2D eigenvalue weighted by atomic mass is 10.3. The molecule has 0 bridgehead atoms. The molecular formula is C14H17FN4O. The van der Waals surface area contributed by atoms with Gasteiger partial charge >= 0.3 is 0 Å². The Hall–Kier alpha value is -2.37. The Kier molecular flexibility index (Phi) is 4.70. The number of ether oxygens (including phenoxy) is 1. The van der Waals surface area contributed by atoms with Gasteiger partial charge in [0, 0.05) is 24.5 Å². The first-order valence-corrected chi connectivity index (χ1v) is 6.49. The zero-order valence-electron chi connectivity index (χ0n) is 11.5. The van der Waals surface area contributed by atoms with Crippen molar-refractivity contribution < 1.29 is 9.13 Å². The Labute approximate surface area is 117 Å². The van der Waals surface area contributed by atoms with Crippen LogP contribution < -0.4 is 15.4 Å². The fourth-order valence-corrected chi connectivity index (χ4v) is 1.67. The first-order valence-electron chi connectivity index (χ1n) is 6.49. The summed E-state index contributed by atoms with van der Waals surface area (Å²) in [6.45, 7) is 4.95. The summed E-state index contributed by atoms with van der Waals surface area (Å²) in [5.74, 6) is 0.968. The molecule has 2 aromatic rings. The van der Waals surface area contributed by atoms with Crippen LogP contribution in [0, 0.1) is 5.82 Å². The zero-order valence-corrected chi connectivity index (χ0v) is 11.5. The van der Waals surface area contributed by atoms with Gasteiger partial charge in [0.1, 0.15) is 5.82 Å². The fourth-order valence-electron chi connectivity index (χ4n) is 1.67. The van der Waals surface area contributed by atoms with Crippen LogP contribution in [0.4, 0.5) is 21.8 Å². The van der Waals surface area contributed by atoms with E-state index in [0.717, 1.165) is 6.54 Å². The lowest BCUT2D eigenvalue weighted by Gasteiger charge is -2.09. The molecule has 2 N–H and O–H groups in total. The van der Waals surface area contributed by atoms with E-state index in [9.17, 15) is 4.39 Å². The smallest absolute Gasteiger partial charge is 0.224 e. The Morgan fingerprint density at radius 2 is 2.10 bits per heavy atom. The number of halogens is 1. The highest BCUT2D eigenvalue weighted by Crippen LogP contribution is 2.23. The van der Waals surface area contributed by atoms with E-state index < -0.39 is 5.82 Å². The SMILES string of the molecule is CCNc1nccc(Nc2ccc(OCC)c(F)c2)n1. The second-order valence-electron chi connectivity index (χ2n) is 4.00. The summed E-state index contributed by atoms with van der Waals surface area (Å²) in [5.41, 5.74) is 0.604. The van der Waals surface area contributed by atoms with Crippen molar-refractivity contribution in [2.45, 2.75) is 13.8 Å². The molecule has 0 radical (unpaired) electrons. The van der Waals surface area contributed by atoms with Crippen molar-refractivity contribution in [2.75, 3.05) is 23.8 Å². The van der Waals surface area contributed by atoms with Crippen LogP contribution in [0.15, 0.2) is 30.5 Å². The van der Waals surface area contributed by atoms with E-state index in [1.54, 1.807) is 24.4 Å². The van der Waals surface area contributed by atoms with Gasteiger partial charge in [0.05, 0.1) is 6.61 Å². The molecule has 6 heteroatoms. The summed E-state index contributed by atoms with van der Waals surface area (Å²) in [6, 6.07) is 6.42. The molecule has 0 spiro atoms. The van der Waals surface area contributed by atoms with Gasteiger partial charge in [-0.25, -0.2) is 9.37 Å². The Morgan fingerprint density at radius 3 is 2.80 bits per heavy atom. The van der Waals surface area contributed by atoms with Crippen LogP contribution in [-0.2, 0) is 0 Å². The van der Waals surface area contributed by atoms with Crippen LogP contribution in [-0.4, -0.2) is 23.1 Å². The van der Waals surface area contributed by atoms with Crippen molar-refractivity contribution >= 4 is 17.5 Å². The number of hydrogen-bond acceptors (Lipinski definition) is 5. The molecule has 1 aromatic carbocycles. The summed E-state index contributed by atoms with van der Waals surface area (Å²) in [7, 11) is 0. The number of anilines is 3. The van der Waals surface area contributed by atoms with Gasteiger partial charge < -0.3 is 15.4 Å². The van der Waals surface area contributed by atoms with Gasteiger partial charge in [-0.05, 0) is 32.0 Å². The molecular weight excluding hydrogens is 259 g/mol. The molecule has 106 valence electrons. The summed E-state index contributed by atoms with van der Waals surface area (Å²) in [6.07, 6.45) is 1.64. The summed E-state index contributed by atoms with van der Waals surface area (Å²) < 4.78 is 18.9. The highest BCUT2D eigenvalue weighted by Gasteiger charge is 2.05. The number of aromatic nitrogens is 2. The molecule has 0 saturated heterocycles. The molecule has 1 aromatic heterocycles. The molecule has 0 amide bonds. The molecule has 0 fully saturated rings. The van der Waals surface area contributed by atoms with Crippen LogP contribution in [0.3, 0.4) is 0 Å². The number of nitrogens with zero attached hydrogens (tertiary/aromatic N) is 2. The summed E-state index contributed by atoms with van der Waals surface area (Å²) in [5, 5.41) is 6.04. The minimum absolute atomic E-state index is 0.245. The van der Waals surface area contributed by atoms with Crippen LogP contribution in [0.5, 0.6) is 5.75 Å². The van der Waals surface area contributed by atoms with E-state index in [-0.39, 0.29) is 5.75 Å². The third-order valence-corrected chi connectivity index (χ3v) is 2.49. The van der Waals surface area contributed by atoms with Gasteiger partial charge in [0.15, 0.2) is 11.6 Å². The van der Waals surface area contributed by atoms with E-state index in [0.29, 0.717) is 24.1 Å². The second kappa shape index (κ2) is 6.70. The number of benzene rings is 1. The lowest BCUT2D eigenvalue weighted by Crippen LogP contribution is -2.03. The minimum Gasteiger partial charge on any atom is -0.491 e. The van der Waals surface area contributed by atoms with Crippen LogP contribution in [0.1, 0.15) is 13.8 Å². The summed E-state index contributed by atoms with van der Waals surface area (Å²) >= 11 is 0. The second-order valence-corrected chi connectivity index (χ2v) is 4.00. The average molecular weight is 276 g/mol. The predicted octanol–water partition coefficient (Wildman–Crippen LogP) is 3.19. The van der Waals surface area contributed by atoms with Gasteiger partial charge in [-0.3, -0.25) is 0 Å². The number of rotatable bonds is 6. The Balaban J connectivity index is 2.13. The number of nitrogens with one attached hydrogen (secondary N) is 2. The van der Waals surface area contributed by atoms with E-state index in [1.807, 2.05) is 13.8 Å². The monoisotopic (exact) mass is 276 g/mol. The molecule has 0 saturated carbocycles. The van der Waals surface area contributed by atoms with E-state index in [1.165, 1.54) is 6.07 Å². The van der Waals surface area contributed by atoms with Gasteiger partial charge in [0.2, 0.25) is 5.95 Å². The van der Waals surface area contributed by atoms with Crippen molar-refractivity contribution in [1.29, 1.82) is 0 Å². The van der Waals surface area contributed by atoms with Crippen molar-refractivity contribution in [3.8, 4) is 5.75 Å². The first-order chi connectivity index (χ1) is 9.72. The Morgan fingerprint density at radius 1 is 1.25 bits per heavy atom. The normalized spacial score (nSPS) is 10.2. The average Bonchev–Trinajstić information content (AvgIpc) is 2.43. The van der Waals surface area contributed by atoms with Crippen LogP contribution >= 0.6 is 0 Å². The Bertz CT molecular complexity index is 577.